The summed E-state index contributed by atoms with van der Waals surface area (Å²) in [4.78, 5) is 13.6. The number of ether oxygens (including phenoxy) is 1. The van der Waals surface area contributed by atoms with E-state index < -0.39 is 17.6 Å². The summed E-state index contributed by atoms with van der Waals surface area (Å²) in [5.74, 6) is -0.477. The third kappa shape index (κ3) is 4.47. The molecule has 0 unspecified atom stereocenters. The lowest BCUT2D eigenvalue weighted by Gasteiger charge is -2.26. The Labute approximate surface area is 130 Å². The van der Waals surface area contributed by atoms with E-state index in [0.29, 0.717) is 26.3 Å². The molecule has 23 heavy (non-hydrogen) atoms. The lowest BCUT2D eigenvalue weighted by atomic mass is 10.2. The molecular formula is C15H14F3N3O2. The van der Waals surface area contributed by atoms with Crippen molar-refractivity contribution >= 4 is 11.6 Å². The molecule has 5 nitrogen and oxygen atoms in total. The van der Waals surface area contributed by atoms with Gasteiger partial charge in [0.15, 0.2) is 0 Å². The molecule has 1 fully saturated rings. The highest BCUT2D eigenvalue weighted by Gasteiger charge is 2.30. The SMILES string of the molecule is N#C/C(=C/Nc1cccc(C(F)(F)F)c1)C(=O)N1CCOCC1. The van der Waals surface area contributed by atoms with Gasteiger partial charge in [-0.1, -0.05) is 6.07 Å². The van der Waals surface area contributed by atoms with E-state index in [1.165, 1.54) is 17.0 Å². The van der Waals surface area contributed by atoms with Gasteiger partial charge in [0, 0.05) is 25.0 Å². The fourth-order valence-electron chi connectivity index (χ4n) is 2.02. The Morgan fingerprint density at radius 3 is 2.65 bits per heavy atom. The van der Waals surface area contributed by atoms with Crippen LogP contribution in [0.4, 0.5) is 18.9 Å². The fourth-order valence-corrected chi connectivity index (χ4v) is 2.02. The summed E-state index contributed by atoms with van der Waals surface area (Å²) in [6.45, 7) is 1.54. The quantitative estimate of drug-likeness (QED) is 0.684. The number of halogens is 3. The van der Waals surface area contributed by atoms with Gasteiger partial charge in [-0.25, -0.2) is 0 Å². The number of rotatable bonds is 3. The zero-order valence-corrected chi connectivity index (χ0v) is 12.1. The molecule has 0 radical (unpaired) electrons. The van der Waals surface area contributed by atoms with Crippen LogP contribution in [0.15, 0.2) is 36.0 Å². The summed E-state index contributed by atoms with van der Waals surface area (Å²) in [7, 11) is 0. The molecule has 1 aliphatic rings. The Hall–Kier alpha value is -2.53. The first-order chi connectivity index (χ1) is 10.9. The highest BCUT2D eigenvalue weighted by Crippen LogP contribution is 2.30. The minimum absolute atomic E-state index is 0.141. The molecule has 0 aromatic heterocycles. The van der Waals surface area contributed by atoms with Gasteiger partial charge in [0.25, 0.3) is 5.91 Å². The molecular weight excluding hydrogens is 311 g/mol. The van der Waals surface area contributed by atoms with E-state index in [4.69, 9.17) is 10.00 Å². The first-order valence-corrected chi connectivity index (χ1v) is 6.83. The maximum atomic E-state index is 12.6. The standard InChI is InChI=1S/C15H14F3N3O2/c16-15(17,18)12-2-1-3-13(8-12)20-10-11(9-19)14(22)21-4-6-23-7-5-21/h1-3,8,10,20H,4-7H2/b11-10-. The number of benzene rings is 1. The molecule has 8 heteroatoms. The first-order valence-electron chi connectivity index (χ1n) is 6.83. The van der Waals surface area contributed by atoms with Crippen molar-refractivity contribution in [3.63, 3.8) is 0 Å². The number of nitrogens with one attached hydrogen (secondary N) is 1. The van der Waals surface area contributed by atoms with Crippen LogP contribution in [0.25, 0.3) is 0 Å². The van der Waals surface area contributed by atoms with Crippen LogP contribution in [0.3, 0.4) is 0 Å². The largest absolute Gasteiger partial charge is 0.416 e. The van der Waals surface area contributed by atoms with Gasteiger partial charge in [-0.05, 0) is 18.2 Å². The van der Waals surface area contributed by atoms with Crippen LogP contribution < -0.4 is 5.32 Å². The predicted octanol–water partition coefficient (Wildman–Crippen LogP) is 2.38. The lowest BCUT2D eigenvalue weighted by molar-refractivity contribution is -0.137. The molecule has 1 aromatic rings. The second-order valence-electron chi connectivity index (χ2n) is 4.80. The number of amides is 1. The van der Waals surface area contributed by atoms with Gasteiger partial charge < -0.3 is 15.0 Å². The third-order valence-electron chi connectivity index (χ3n) is 3.22. The predicted molar refractivity (Wildman–Crippen MR) is 76.2 cm³/mol. The average molecular weight is 325 g/mol. The fraction of sp³-hybridized carbons (Fsp3) is 0.333. The third-order valence-corrected chi connectivity index (χ3v) is 3.22. The number of morpholine rings is 1. The summed E-state index contributed by atoms with van der Waals surface area (Å²) in [5.41, 5.74) is -0.847. The van der Waals surface area contributed by atoms with E-state index in [1.54, 1.807) is 6.07 Å². The number of nitriles is 1. The number of alkyl halides is 3. The smallest absolute Gasteiger partial charge is 0.378 e. The number of hydrogen-bond acceptors (Lipinski definition) is 4. The van der Waals surface area contributed by atoms with Gasteiger partial charge in [-0.3, -0.25) is 4.79 Å². The summed E-state index contributed by atoms with van der Waals surface area (Å²) in [6, 6.07) is 6.27. The van der Waals surface area contributed by atoms with Crippen molar-refractivity contribution in [1.82, 2.24) is 4.90 Å². The molecule has 0 aliphatic carbocycles. The topological polar surface area (TPSA) is 65.4 Å². The van der Waals surface area contributed by atoms with E-state index in [-0.39, 0.29) is 11.3 Å². The molecule has 1 aliphatic heterocycles. The van der Waals surface area contributed by atoms with Gasteiger partial charge in [0.1, 0.15) is 11.6 Å². The van der Waals surface area contributed by atoms with Gasteiger partial charge in [0.05, 0.1) is 18.8 Å². The Balaban J connectivity index is 2.10. The minimum Gasteiger partial charge on any atom is -0.378 e. The molecule has 1 saturated heterocycles. The normalized spacial score (nSPS) is 15.9. The van der Waals surface area contributed by atoms with E-state index in [1.807, 2.05) is 0 Å². The van der Waals surface area contributed by atoms with Gasteiger partial charge in [0.2, 0.25) is 0 Å². The van der Waals surface area contributed by atoms with E-state index in [2.05, 4.69) is 5.32 Å². The van der Waals surface area contributed by atoms with Crippen molar-refractivity contribution in [2.24, 2.45) is 0 Å². The maximum absolute atomic E-state index is 12.6. The number of carbonyl (C=O) groups is 1. The van der Waals surface area contributed by atoms with Crippen LogP contribution in [0, 0.1) is 11.3 Å². The van der Waals surface area contributed by atoms with Gasteiger partial charge in [-0.2, -0.15) is 18.4 Å². The molecule has 0 atom stereocenters. The molecule has 1 amide bonds. The molecule has 0 saturated carbocycles. The highest BCUT2D eigenvalue weighted by atomic mass is 19.4. The van der Waals surface area contributed by atoms with Crippen LogP contribution in [0.5, 0.6) is 0 Å². The Morgan fingerprint density at radius 2 is 2.04 bits per heavy atom. The summed E-state index contributed by atoms with van der Waals surface area (Å²) >= 11 is 0. The van der Waals surface area contributed by atoms with Gasteiger partial charge in [-0.15, -0.1) is 0 Å². The molecule has 1 aromatic carbocycles. The molecule has 1 heterocycles. The second-order valence-corrected chi connectivity index (χ2v) is 4.80. The monoisotopic (exact) mass is 325 g/mol. The van der Waals surface area contributed by atoms with Crippen LogP contribution in [0.1, 0.15) is 5.56 Å². The van der Waals surface area contributed by atoms with E-state index in [0.717, 1.165) is 18.3 Å². The second kappa shape index (κ2) is 7.15. The van der Waals surface area contributed by atoms with Crippen molar-refractivity contribution in [3.05, 3.63) is 41.6 Å². The number of carbonyl (C=O) groups excluding carboxylic acids is 1. The molecule has 0 spiro atoms. The zero-order valence-electron chi connectivity index (χ0n) is 12.1. The molecule has 2 rings (SSSR count). The van der Waals surface area contributed by atoms with Crippen LogP contribution in [-0.4, -0.2) is 37.1 Å². The van der Waals surface area contributed by atoms with Crippen LogP contribution in [0.2, 0.25) is 0 Å². The minimum atomic E-state index is -4.46. The van der Waals surface area contributed by atoms with Crippen molar-refractivity contribution in [2.75, 3.05) is 31.6 Å². The summed E-state index contributed by atoms with van der Waals surface area (Å²) in [6.07, 6.45) is -3.34. The van der Waals surface area contributed by atoms with Crippen molar-refractivity contribution in [3.8, 4) is 6.07 Å². The first kappa shape index (κ1) is 16.8. The van der Waals surface area contributed by atoms with Crippen molar-refractivity contribution in [1.29, 1.82) is 5.26 Å². The van der Waals surface area contributed by atoms with Crippen molar-refractivity contribution in [2.45, 2.75) is 6.18 Å². The van der Waals surface area contributed by atoms with Crippen molar-refractivity contribution < 1.29 is 22.7 Å². The maximum Gasteiger partial charge on any atom is 0.416 e. The molecule has 1 N–H and O–H groups in total. The highest BCUT2D eigenvalue weighted by molar-refractivity contribution is 5.97. The number of anilines is 1. The summed E-state index contributed by atoms with van der Waals surface area (Å²) < 4.78 is 43.0. The van der Waals surface area contributed by atoms with E-state index in [9.17, 15) is 18.0 Å². The van der Waals surface area contributed by atoms with Crippen LogP contribution >= 0.6 is 0 Å². The Morgan fingerprint density at radius 1 is 1.35 bits per heavy atom. The van der Waals surface area contributed by atoms with Crippen LogP contribution in [-0.2, 0) is 15.7 Å². The number of hydrogen-bond donors (Lipinski definition) is 1. The zero-order chi connectivity index (χ0) is 16.9. The molecule has 0 bridgehead atoms. The Bertz CT molecular complexity index is 644. The lowest BCUT2D eigenvalue weighted by Crippen LogP contribution is -2.41. The average Bonchev–Trinajstić information content (AvgIpc) is 2.55. The summed E-state index contributed by atoms with van der Waals surface area (Å²) in [5, 5.41) is 11.6. The molecule has 122 valence electrons. The van der Waals surface area contributed by atoms with E-state index >= 15 is 0 Å². The Kier molecular flexibility index (Phi) is 5.24. The van der Waals surface area contributed by atoms with Gasteiger partial charge >= 0.3 is 6.18 Å². The number of nitrogens with zero attached hydrogens (tertiary/aromatic N) is 2.